The largest absolute Gasteiger partial charge is 0.478 e. The summed E-state index contributed by atoms with van der Waals surface area (Å²) in [5.41, 5.74) is 9.77. The number of likely N-dealkylation sites (N-methyl/N-ethyl adjacent to an activating group) is 1. The summed E-state index contributed by atoms with van der Waals surface area (Å²) in [7, 11) is 1.93. The summed E-state index contributed by atoms with van der Waals surface area (Å²) in [5.74, 6) is -0.945. The average molecular weight is 280 g/mol. The first-order chi connectivity index (χ1) is 8.99. The SMILES string of the molecule is CCCCC1=CSC2C1=C(N)C(C(=O)O)=C(C)N2C. The van der Waals surface area contributed by atoms with Crippen LogP contribution in [0.2, 0.25) is 0 Å². The van der Waals surface area contributed by atoms with Crippen LogP contribution in [0, 0.1) is 0 Å². The van der Waals surface area contributed by atoms with Crippen LogP contribution in [0.4, 0.5) is 0 Å². The predicted molar refractivity (Wildman–Crippen MR) is 78.3 cm³/mol. The van der Waals surface area contributed by atoms with Crippen LogP contribution in [0.3, 0.4) is 0 Å². The van der Waals surface area contributed by atoms with Crippen LogP contribution >= 0.6 is 11.8 Å². The van der Waals surface area contributed by atoms with Crippen molar-refractivity contribution in [1.82, 2.24) is 4.90 Å². The number of nitrogens with two attached hydrogens (primary N) is 1. The van der Waals surface area contributed by atoms with Crippen molar-refractivity contribution in [2.24, 2.45) is 5.73 Å². The van der Waals surface area contributed by atoms with Gasteiger partial charge in [-0.15, -0.1) is 11.8 Å². The van der Waals surface area contributed by atoms with Gasteiger partial charge in [-0.05, 0) is 30.7 Å². The second-order valence-corrected chi connectivity index (χ2v) is 5.89. The molecule has 2 aliphatic heterocycles. The molecule has 0 aromatic heterocycles. The van der Waals surface area contributed by atoms with Gasteiger partial charge in [0.1, 0.15) is 10.9 Å². The molecule has 0 aliphatic carbocycles. The lowest BCUT2D eigenvalue weighted by Crippen LogP contribution is -2.36. The van der Waals surface area contributed by atoms with Crippen LogP contribution in [0.15, 0.2) is 33.5 Å². The second-order valence-electron chi connectivity index (χ2n) is 4.94. The van der Waals surface area contributed by atoms with E-state index in [2.05, 4.69) is 12.3 Å². The van der Waals surface area contributed by atoms with Crippen LogP contribution in [-0.2, 0) is 4.79 Å². The Kier molecular flexibility index (Phi) is 3.94. The molecule has 2 rings (SSSR count). The minimum absolute atomic E-state index is 0.134. The molecule has 0 aromatic rings. The van der Waals surface area contributed by atoms with Crippen LogP contribution in [0.1, 0.15) is 33.1 Å². The lowest BCUT2D eigenvalue weighted by molar-refractivity contribution is -0.132. The number of nitrogens with zero attached hydrogens (tertiary/aromatic N) is 1. The van der Waals surface area contributed by atoms with E-state index in [1.165, 1.54) is 5.57 Å². The number of hydrogen-bond acceptors (Lipinski definition) is 4. The highest BCUT2D eigenvalue weighted by atomic mass is 32.2. The van der Waals surface area contributed by atoms with E-state index in [1.54, 1.807) is 11.8 Å². The fourth-order valence-electron chi connectivity index (χ4n) is 2.54. The Labute approximate surface area is 118 Å². The molecule has 0 saturated carbocycles. The Morgan fingerprint density at radius 1 is 1.58 bits per heavy atom. The van der Waals surface area contributed by atoms with Crippen molar-refractivity contribution in [3.05, 3.63) is 33.5 Å². The topological polar surface area (TPSA) is 66.6 Å². The zero-order valence-corrected chi connectivity index (χ0v) is 12.4. The maximum absolute atomic E-state index is 11.4. The van der Waals surface area contributed by atoms with Crippen LogP contribution < -0.4 is 5.73 Å². The molecule has 1 unspecified atom stereocenters. The van der Waals surface area contributed by atoms with Crippen LogP contribution in [0.25, 0.3) is 0 Å². The third-order valence-electron chi connectivity index (χ3n) is 3.75. The van der Waals surface area contributed by atoms with Crippen molar-refractivity contribution in [2.75, 3.05) is 7.05 Å². The van der Waals surface area contributed by atoms with Gasteiger partial charge in [-0.1, -0.05) is 13.3 Å². The third kappa shape index (κ3) is 2.27. The lowest BCUT2D eigenvalue weighted by Gasteiger charge is -2.34. The summed E-state index contributed by atoms with van der Waals surface area (Å²) in [6, 6.07) is 0. The van der Waals surface area contributed by atoms with Crippen molar-refractivity contribution in [3.63, 3.8) is 0 Å². The smallest absolute Gasteiger partial charge is 0.339 e. The molecule has 19 heavy (non-hydrogen) atoms. The molecule has 0 aromatic carbocycles. The molecule has 5 heteroatoms. The number of aliphatic carboxylic acids is 1. The Hall–Kier alpha value is -1.36. The Bertz CT molecular complexity index is 506. The monoisotopic (exact) mass is 280 g/mol. The molecule has 1 atom stereocenters. The van der Waals surface area contributed by atoms with Gasteiger partial charge in [0.2, 0.25) is 0 Å². The first-order valence-electron chi connectivity index (χ1n) is 6.50. The van der Waals surface area contributed by atoms with E-state index in [9.17, 15) is 9.90 Å². The van der Waals surface area contributed by atoms with E-state index in [-0.39, 0.29) is 10.9 Å². The fourth-order valence-corrected chi connectivity index (χ4v) is 3.83. The number of fused-ring (bicyclic) bond motifs is 1. The van der Waals surface area contributed by atoms with Gasteiger partial charge in [0.25, 0.3) is 0 Å². The molecule has 0 amide bonds. The molecule has 0 radical (unpaired) electrons. The standard InChI is InChI=1S/C14H20N2O2S/c1-4-5-6-9-7-19-13-11(9)12(15)10(14(17)18)8(2)16(13)3/h7,13H,4-6,15H2,1-3H3,(H,17,18). The highest BCUT2D eigenvalue weighted by molar-refractivity contribution is 8.03. The maximum atomic E-state index is 11.4. The molecule has 2 heterocycles. The van der Waals surface area contributed by atoms with Crippen LogP contribution in [-0.4, -0.2) is 28.4 Å². The summed E-state index contributed by atoms with van der Waals surface area (Å²) < 4.78 is 0. The number of rotatable bonds is 4. The van der Waals surface area contributed by atoms with Gasteiger partial charge in [0.15, 0.2) is 0 Å². The van der Waals surface area contributed by atoms with Crippen LogP contribution in [0.5, 0.6) is 0 Å². The van der Waals surface area contributed by atoms with Gasteiger partial charge in [0.05, 0.1) is 5.70 Å². The molecule has 4 nitrogen and oxygen atoms in total. The number of allylic oxidation sites excluding steroid dienone is 1. The van der Waals surface area contributed by atoms with Gasteiger partial charge in [-0.25, -0.2) is 4.79 Å². The van der Waals surface area contributed by atoms with Crippen molar-refractivity contribution >= 4 is 17.7 Å². The van der Waals surface area contributed by atoms with Crippen molar-refractivity contribution in [1.29, 1.82) is 0 Å². The number of carboxylic acids is 1. The van der Waals surface area contributed by atoms with Crippen molar-refractivity contribution in [3.8, 4) is 0 Å². The van der Waals surface area contributed by atoms with Gasteiger partial charge >= 0.3 is 5.97 Å². The summed E-state index contributed by atoms with van der Waals surface area (Å²) in [5, 5.41) is 11.6. The van der Waals surface area contributed by atoms with E-state index in [0.717, 1.165) is 30.5 Å². The lowest BCUT2D eigenvalue weighted by atomic mass is 9.93. The third-order valence-corrected chi connectivity index (χ3v) is 4.98. The second kappa shape index (κ2) is 5.33. The van der Waals surface area contributed by atoms with Gasteiger partial charge in [-0.2, -0.15) is 0 Å². The van der Waals surface area contributed by atoms with E-state index in [1.807, 2.05) is 18.9 Å². The molecule has 0 saturated heterocycles. The number of carbonyl (C=O) groups is 1. The Morgan fingerprint density at radius 2 is 2.26 bits per heavy atom. The molecule has 0 fully saturated rings. The van der Waals surface area contributed by atoms with Gasteiger partial charge < -0.3 is 15.7 Å². The zero-order valence-electron chi connectivity index (χ0n) is 11.6. The highest BCUT2D eigenvalue weighted by Crippen LogP contribution is 2.45. The molecule has 0 bridgehead atoms. The minimum Gasteiger partial charge on any atom is -0.478 e. The molecule has 3 N–H and O–H groups in total. The number of thioether (sulfide) groups is 1. The maximum Gasteiger partial charge on any atom is 0.339 e. The molecule has 0 spiro atoms. The van der Waals surface area contributed by atoms with E-state index < -0.39 is 5.97 Å². The van der Waals surface area contributed by atoms with E-state index in [4.69, 9.17) is 5.73 Å². The van der Waals surface area contributed by atoms with Gasteiger partial charge in [-0.3, -0.25) is 0 Å². The summed E-state index contributed by atoms with van der Waals surface area (Å²) >= 11 is 1.71. The minimum atomic E-state index is -0.945. The van der Waals surface area contributed by atoms with E-state index in [0.29, 0.717) is 5.70 Å². The molecule has 2 aliphatic rings. The molecule has 104 valence electrons. The Morgan fingerprint density at radius 3 is 2.84 bits per heavy atom. The summed E-state index contributed by atoms with van der Waals surface area (Å²) in [6.07, 6.45) is 3.19. The predicted octanol–water partition coefficient (Wildman–Crippen LogP) is 2.65. The van der Waals surface area contributed by atoms with Gasteiger partial charge in [0, 0.05) is 18.3 Å². The number of carboxylic acid groups (broad SMARTS) is 1. The summed E-state index contributed by atoms with van der Waals surface area (Å²) in [6.45, 7) is 3.97. The first-order valence-corrected chi connectivity index (χ1v) is 7.45. The number of unbranched alkanes of at least 4 members (excludes halogenated alkanes) is 1. The highest BCUT2D eigenvalue weighted by Gasteiger charge is 2.37. The number of hydrogen-bond donors (Lipinski definition) is 2. The average Bonchev–Trinajstić information content (AvgIpc) is 2.77. The zero-order chi connectivity index (χ0) is 14.2. The normalized spacial score (nSPS) is 22.8. The molecular formula is C14H20N2O2S. The summed E-state index contributed by atoms with van der Waals surface area (Å²) in [4.78, 5) is 13.4. The fraction of sp³-hybridized carbons (Fsp3) is 0.500. The van der Waals surface area contributed by atoms with Crippen molar-refractivity contribution < 1.29 is 9.90 Å². The first kappa shape index (κ1) is 14.1. The molecular weight excluding hydrogens is 260 g/mol. The quantitative estimate of drug-likeness (QED) is 0.828. The van der Waals surface area contributed by atoms with E-state index >= 15 is 0 Å². The Balaban J connectivity index is 2.44. The van der Waals surface area contributed by atoms with Crippen molar-refractivity contribution in [2.45, 2.75) is 38.5 Å².